The van der Waals surface area contributed by atoms with E-state index in [2.05, 4.69) is 25.9 Å². The molecule has 0 bridgehead atoms. The van der Waals surface area contributed by atoms with Crippen molar-refractivity contribution in [2.45, 2.75) is 57.6 Å². The summed E-state index contributed by atoms with van der Waals surface area (Å²) in [5, 5.41) is 17.0. The number of esters is 1. The Bertz CT molecular complexity index is 642. The van der Waals surface area contributed by atoms with Gasteiger partial charge in [0.25, 0.3) is 5.91 Å². The van der Waals surface area contributed by atoms with Crippen LogP contribution in [0.15, 0.2) is 0 Å². The van der Waals surface area contributed by atoms with Gasteiger partial charge >= 0.3 is 5.97 Å². The number of hydrogen-bond acceptors (Lipinski definition) is 7. The molecule has 2 aliphatic rings. The van der Waals surface area contributed by atoms with Crippen molar-refractivity contribution in [3.8, 4) is 0 Å². The quantitative estimate of drug-likeness (QED) is 0.611. The molecule has 0 spiro atoms. The summed E-state index contributed by atoms with van der Waals surface area (Å²) in [5.74, 6) is 0.561. The number of ether oxygens (including phenoxy) is 1. The van der Waals surface area contributed by atoms with Crippen LogP contribution < -0.4 is 11.1 Å². The molecule has 138 valence electrons. The van der Waals surface area contributed by atoms with E-state index >= 15 is 0 Å². The average molecular weight is 351 g/mol. The number of primary amides is 1. The van der Waals surface area contributed by atoms with Gasteiger partial charge in [0.1, 0.15) is 6.02 Å². The molecule has 1 aromatic heterocycles. The van der Waals surface area contributed by atoms with Gasteiger partial charge in [-0.1, -0.05) is 11.6 Å². The van der Waals surface area contributed by atoms with Crippen molar-refractivity contribution in [3.05, 3.63) is 5.82 Å². The van der Waals surface area contributed by atoms with Crippen molar-refractivity contribution in [1.82, 2.24) is 25.9 Å². The second kappa shape index (κ2) is 7.90. The lowest BCUT2D eigenvalue weighted by Crippen LogP contribution is -2.51. The molecule has 1 saturated carbocycles. The van der Waals surface area contributed by atoms with E-state index in [0.717, 1.165) is 37.9 Å². The number of hydrogen-bond donors (Lipinski definition) is 3. The van der Waals surface area contributed by atoms with Crippen LogP contribution in [0.25, 0.3) is 0 Å². The van der Waals surface area contributed by atoms with Crippen LogP contribution in [0.1, 0.15) is 46.2 Å². The molecule has 2 fully saturated rings. The second-order valence-corrected chi connectivity index (χ2v) is 7.08. The lowest BCUT2D eigenvalue weighted by Gasteiger charge is -2.42. The molecule has 9 nitrogen and oxygen atoms in total. The second-order valence-electron chi connectivity index (χ2n) is 7.08. The van der Waals surface area contributed by atoms with Crippen molar-refractivity contribution in [2.75, 3.05) is 6.54 Å². The zero-order chi connectivity index (χ0) is 18.7. The molecule has 0 aromatic carbocycles. The molecular weight excluding hydrogens is 324 g/mol. The highest BCUT2D eigenvalue weighted by Gasteiger charge is 2.38. The van der Waals surface area contributed by atoms with Gasteiger partial charge in [0.05, 0.1) is 1.37 Å². The molecular formula is C16H26N6O3. The standard InChI is InChI=1S/C16H26N6O3/c1-9(15(17)23)25-16(24)13-7-12-6-10(2-4-11(12)8-18-13)3-5-14-19-21-22-20-14/h9-13,18H,2-8H2,1H3,(H2,17,23)(H,19,20,21,22)/t9-,10+,11-,12+,13-/m0/s1/i13D. The van der Waals surface area contributed by atoms with E-state index in [1.165, 1.54) is 6.92 Å². The lowest BCUT2D eigenvalue weighted by atomic mass is 9.69. The maximum Gasteiger partial charge on any atom is 0.323 e. The summed E-state index contributed by atoms with van der Waals surface area (Å²) < 4.78 is 13.6. The molecule has 25 heavy (non-hydrogen) atoms. The average Bonchev–Trinajstić information content (AvgIpc) is 3.13. The third kappa shape index (κ3) is 4.53. The monoisotopic (exact) mass is 351 g/mol. The third-order valence-corrected chi connectivity index (χ3v) is 5.39. The summed E-state index contributed by atoms with van der Waals surface area (Å²) in [6, 6.07) is -1.51. The fourth-order valence-electron chi connectivity index (χ4n) is 3.86. The molecule has 9 heteroatoms. The number of aryl methyl sites for hydroxylation is 1. The predicted octanol–water partition coefficient (Wildman–Crippen LogP) is -0.0563. The molecule has 1 amide bonds. The van der Waals surface area contributed by atoms with Crippen LogP contribution in [-0.2, 0) is 20.7 Å². The first-order chi connectivity index (χ1) is 12.4. The van der Waals surface area contributed by atoms with Gasteiger partial charge in [0, 0.05) is 6.42 Å². The highest BCUT2D eigenvalue weighted by atomic mass is 16.5. The number of nitrogens with two attached hydrogens (primary N) is 1. The largest absolute Gasteiger partial charge is 0.451 e. The molecule has 1 aliphatic heterocycles. The SMILES string of the molecule is [2H][C@@]1(C(=O)O[C@@H](C)C(N)=O)C[C@H]2C[C@@H](CCc3nn[nH]n3)CC[C@H]2CN1. The number of piperidine rings is 1. The van der Waals surface area contributed by atoms with Crippen LogP contribution in [0.2, 0.25) is 0 Å². The summed E-state index contributed by atoms with van der Waals surface area (Å²) in [6.45, 7) is 2.04. The molecule has 0 unspecified atom stereocenters. The van der Waals surface area contributed by atoms with Crippen molar-refractivity contribution in [3.63, 3.8) is 0 Å². The number of carbonyl (C=O) groups excluding carboxylic acids is 2. The maximum absolute atomic E-state index is 12.4. The number of rotatable bonds is 6. The molecule has 1 aromatic rings. The van der Waals surface area contributed by atoms with Crippen LogP contribution >= 0.6 is 0 Å². The Labute approximate surface area is 147 Å². The molecule has 0 radical (unpaired) electrons. The summed E-state index contributed by atoms with van der Waals surface area (Å²) >= 11 is 0. The van der Waals surface area contributed by atoms with Gasteiger partial charge < -0.3 is 15.8 Å². The number of aromatic amines is 1. The highest BCUT2D eigenvalue weighted by molar-refractivity contribution is 5.83. The lowest BCUT2D eigenvalue weighted by molar-refractivity contribution is -0.157. The van der Waals surface area contributed by atoms with E-state index in [-0.39, 0.29) is 5.92 Å². The normalized spacial score (nSPS) is 33.8. The number of carbonyl (C=O) groups is 2. The molecule has 2 heterocycles. The van der Waals surface area contributed by atoms with Crippen molar-refractivity contribution >= 4 is 11.9 Å². The maximum atomic E-state index is 12.4. The molecule has 4 N–H and O–H groups in total. The molecule has 5 atom stereocenters. The van der Waals surface area contributed by atoms with Crippen molar-refractivity contribution < 1.29 is 15.7 Å². The van der Waals surface area contributed by atoms with Gasteiger partial charge in [0.15, 0.2) is 11.9 Å². The van der Waals surface area contributed by atoms with Crippen molar-refractivity contribution in [1.29, 1.82) is 0 Å². The fraction of sp³-hybridized carbons (Fsp3) is 0.812. The summed E-state index contributed by atoms with van der Waals surface area (Å²) in [6.07, 6.45) is 4.31. The predicted molar refractivity (Wildman–Crippen MR) is 88.0 cm³/mol. The third-order valence-electron chi connectivity index (χ3n) is 5.39. The number of aromatic nitrogens is 4. The van der Waals surface area contributed by atoms with Crippen LogP contribution in [0.4, 0.5) is 0 Å². The van der Waals surface area contributed by atoms with Gasteiger partial charge in [-0.05, 0) is 56.9 Å². The van der Waals surface area contributed by atoms with E-state index < -0.39 is 24.0 Å². The Kier molecular flexibility index (Phi) is 5.19. The summed E-state index contributed by atoms with van der Waals surface area (Å²) in [7, 11) is 0. The number of H-pyrrole nitrogens is 1. The first kappa shape index (κ1) is 16.4. The zero-order valence-corrected chi connectivity index (χ0v) is 14.4. The Morgan fingerprint density at radius 2 is 2.24 bits per heavy atom. The van der Waals surface area contributed by atoms with Crippen LogP contribution in [-0.4, -0.2) is 51.2 Å². The Morgan fingerprint density at radius 3 is 2.96 bits per heavy atom. The minimum atomic E-state index is -1.51. The van der Waals surface area contributed by atoms with Crippen LogP contribution in [0, 0.1) is 17.8 Å². The number of nitrogens with zero attached hydrogens (tertiary/aromatic N) is 3. The van der Waals surface area contributed by atoms with Gasteiger partial charge in [-0.3, -0.25) is 9.59 Å². The smallest absolute Gasteiger partial charge is 0.323 e. The van der Waals surface area contributed by atoms with E-state index in [9.17, 15) is 9.59 Å². The Morgan fingerprint density at radius 1 is 1.40 bits per heavy atom. The minimum absolute atomic E-state index is 0.286. The van der Waals surface area contributed by atoms with Gasteiger partial charge in [-0.2, -0.15) is 5.21 Å². The summed E-state index contributed by atoms with van der Waals surface area (Å²) in [5.41, 5.74) is 5.14. The van der Waals surface area contributed by atoms with E-state index in [1.54, 1.807) is 0 Å². The molecule has 1 saturated heterocycles. The van der Waals surface area contributed by atoms with Gasteiger partial charge in [-0.25, -0.2) is 0 Å². The number of nitrogens with one attached hydrogen (secondary N) is 2. The number of tetrazole rings is 1. The first-order valence-corrected chi connectivity index (χ1v) is 8.85. The molecule has 1 aliphatic carbocycles. The number of amides is 1. The topological polar surface area (TPSA) is 136 Å². The Balaban J connectivity index is 1.56. The van der Waals surface area contributed by atoms with Crippen LogP contribution in [0.5, 0.6) is 0 Å². The van der Waals surface area contributed by atoms with Gasteiger partial charge in [-0.15, -0.1) is 10.2 Å². The van der Waals surface area contributed by atoms with Gasteiger partial charge in [0.2, 0.25) is 0 Å². The van der Waals surface area contributed by atoms with Crippen molar-refractivity contribution in [2.24, 2.45) is 23.5 Å². The highest BCUT2D eigenvalue weighted by Crippen LogP contribution is 2.40. The zero-order valence-electron chi connectivity index (χ0n) is 15.4. The fourth-order valence-corrected chi connectivity index (χ4v) is 3.86. The minimum Gasteiger partial charge on any atom is -0.451 e. The van der Waals surface area contributed by atoms with E-state index in [0.29, 0.717) is 24.8 Å². The first-order valence-electron chi connectivity index (χ1n) is 9.35. The van der Waals surface area contributed by atoms with Crippen LogP contribution in [0.3, 0.4) is 0 Å². The molecule has 3 rings (SSSR count). The van der Waals surface area contributed by atoms with E-state index in [4.69, 9.17) is 11.8 Å². The summed E-state index contributed by atoms with van der Waals surface area (Å²) in [4.78, 5) is 23.5. The van der Waals surface area contributed by atoms with E-state index in [1.807, 2.05) is 0 Å². The number of fused-ring (bicyclic) bond motifs is 1. The Hall–Kier alpha value is -2.03.